The molecule has 36 heavy (non-hydrogen) atoms. The van der Waals surface area contributed by atoms with Gasteiger partial charge in [-0.3, -0.25) is 19.4 Å². The number of H-pyrrole nitrogens is 1. The second-order valence-electron chi connectivity index (χ2n) is 9.28. The topological polar surface area (TPSA) is 99.3 Å². The van der Waals surface area contributed by atoms with Crippen LogP contribution in [0.5, 0.6) is 0 Å². The zero-order valence-electron chi connectivity index (χ0n) is 20.2. The fourth-order valence-corrected chi connectivity index (χ4v) is 5.56. The summed E-state index contributed by atoms with van der Waals surface area (Å²) in [4.78, 5) is 55.3. The van der Waals surface area contributed by atoms with Gasteiger partial charge in [0.1, 0.15) is 5.69 Å². The summed E-state index contributed by atoms with van der Waals surface area (Å²) in [5, 5.41) is 1.71. The minimum Gasteiger partial charge on any atom is -0.359 e. The maximum absolute atomic E-state index is 13.2. The molecule has 0 atom stereocenters. The third-order valence-electron chi connectivity index (χ3n) is 6.29. The number of amides is 2. The molecule has 0 unspecified atom stereocenters. The van der Waals surface area contributed by atoms with E-state index in [0.29, 0.717) is 54.1 Å². The highest BCUT2D eigenvalue weighted by molar-refractivity contribution is 7.15. The molecule has 0 spiro atoms. The first-order valence-electron chi connectivity index (χ1n) is 12.0. The Morgan fingerprint density at radius 1 is 1.00 bits per heavy atom. The summed E-state index contributed by atoms with van der Waals surface area (Å²) < 4.78 is 0. The molecule has 3 aromatic heterocycles. The molecule has 1 saturated heterocycles. The number of piperazine rings is 1. The van der Waals surface area contributed by atoms with Crippen LogP contribution in [0.4, 0.5) is 0 Å². The van der Waals surface area contributed by atoms with Gasteiger partial charge in [0.2, 0.25) is 0 Å². The molecule has 1 fully saturated rings. The Bertz CT molecular complexity index is 1420. The van der Waals surface area contributed by atoms with Gasteiger partial charge in [0.05, 0.1) is 21.0 Å². The van der Waals surface area contributed by atoms with Crippen LogP contribution in [-0.4, -0.2) is 68.5 Å². The van der Waals surface area contributed by atoms with Crippen molar-refractivity contribution in [3.05, 3.63) is 71.1 Å². The first kappa shape index (κ1) is 23.9. The lowest BCUT2D eigenvalue weighted by Gasteiger charge is -2.34. The third-order valence-corrected chi connectivity index (χ3v) is 7.31. The zero-order valence-corrected chi connectivity index (χ0v) is 21.0. The first-order chi connectivity index (χ1) is 17.4. The van der Waals surface area contributed by atoms with Crippen molar-refractivity contribution in [3.63, 3.8) is 0 Å². The number of fused-ring (bicyclic) bond motifs is 1. The molecule has 1 aliphatic rings. The number of thiazole rings is 1. The van der Waals surface area contributed by atoms with Gasteiger partial charge in [-0.25, -0.2) is 4.98 Å². The Labute approximate surface area is 213 Å². The van der Waals surface area contributed by atoms with Crippen LogP contribution in [0.15, 0.2) is 55.0 Å². The van der Waals surface area contributed by atoms with E-state index in [2.05, 4.69) is 28.8 Å². The average molecular weight is 502 g/mol. The molecule has 0 aliphatic carbocycles. The molecule has 1 aliphatic heterocycles. The van der Waals surface area contributed by atoms with Gasteiger partial charge in [-0.15, -0.1) is 11.3 Å². The quantitative estimate of drug-likeness (QED) is 0.317. The van der Waals surface area contributed by atoms with E-state index in [1.807, 2.05) is 24.4 Å². The zero-order chi connectivity index (χ0) is 25.2. The molecule has 9 heteroatoms. The number of nitrogens with one attached hydrogen (secondary N) is 1. The Balaban J connectivity index is 1.30. The van der Waals surface area contributed by atoms with Crippen LogP contribution in [0.2, 0.25) is 0 Å². The summed E-state index contributed by atoms with van der Waals surface area (Å²) in [7, 11) is 0. The average Bonchev–Trinajstić information content (AvgIpc) is 3.55. The van der Waals surface area contributed by atoms with Crippen LogP contribution >= 0.6 is 11.3 Å². The Morgan fingerprint density at radius 3 is 2.44 bits per heavy atom. The summed E-state index contributed by atoms with van der Waals surface area (Å²) in [6.45, 7) is 5.72. The van der Waals surface area contributed by atoms with E-state index < -0.39 is 11.7 Å². The van der Waals surface area contributed by atoms with Crippen molar-refractivity contribution in [1.29, 1.82) is 0 Å². The van der Waals surface area contributed by atoms with Gasteiger partial charge >= 0.3 is 0 Å². The summed E-state index contributed by atoms with van der Waals surface area (Å²) in [6, 6.07) is 10.8. The van der Waals surface area contributed by atoms with Gasteiger partial charge in [-0.05, 0) is 24.1 Å². The standard InChI is InChI=1S/C27H27N5O3S/c1-17(2)14-22-29-16-21(36-22)24-23-19(8-9-28-24)20(15-30-23)25(33)27(35)32-12-10-31(11-13-32)26(34)18-6-4-3-5-7-18/h3-9,15-17,30H,10-14H2,1-2H3. The fraction of sp³-hybridized carbons (Fsp3) is 0.296. The third kappa shape index (κ3) is 4.66. The number of benzene rings is 1. The van der Waals surface area contributed by atoms with E-state index >= 15 is 0 Å². The number of aromatic nitrogens is 3. The van der Waals surface area contributed by atoms with Gasteiger partial charge in [0, 0.05) is 62.1 Å². The lowest BCUT2D eigenvalue weighted by atomic mass is 10.1. The Hall–Kier alpha value is -3.85. The monoisotopic (exact) mass is 501 g/mol. The maximum Gasteiger partial charge on any atom is 0.295 e. The predicted octanol–water partition coefficient (Wildman–Crippen LogP) is 4.05. The molecule has 0 bridgehead atoms. The number of pyridine rings is 1. The number of rotatable bonds is 6. The van der Waals surface area contributed by atoms with Crippen LogP contribution in [0, 0.1) is 5.92 Å². The molecule has 0 saturated carbocycles. The molecular formula is C27H27N5O3S. The largest absolute Gasteiger partial charge is 0.359 e. The van der Waals surface area contributed by atoms with Crippen molar-refractivity contribution in [3.8, 4) is 10.6 Å². The van der Waals surface area contributed by atoms with Crippen molar-refractivity contribution >= 4 is 39.8 Å². The van der Waals surface area contributed by atoms with Crippen LogP contribution in [0.25, 0.3) is 21.5 Å². The molecule has 4 heterocycles. The number of ketones is 1. The second kappa shape index (κ2) is 10.0. The molecule has 8 nitrogen and oxygen atoms in total. The molecule has 2 amide bonds. The maximum atomic E-state index is 13.2. The summed E-state index contributed by atoms with van der Waals surface area (Å²) >= 11 is 1.59. The SMILES string of the molecule is CC(C)Cc1ncc(-c2nccc3c(C(=O)C(=O)N4CCN(C(=O)c5ccccc5)CC4)c[nH]c23)s1. The van der Waals surface area contributed by atoms with Gasteiger partial charge < -0.3 is 14.8 Å². The Kier molecular flexibility index (Phi) is 6.65. The predicted molar refractivity (Wildman–Crippen MR) is 139 cm³/mol. The highest BCUT2D eigenvalue weighted by Crippen LogP contribution is 2.32. The first-order valence-corrected chi connectivity index (χ1v) is 12.8. The number of hydrogen-bond donors (Lipinski definition) is 1. The minimum atomic E-state index is -0.564. The number of hydrogen-bond acceptors (Lipinski definition) is 6. The minimum absolute atomic E-state index is 0.0645. The van der Waals surface area contributed by atoms with E-state index in [9.17, 15) is 14.4 Å². The fourth-order valence-electron chi connectivity index (χ4n) is 4.43. The molecule has 1 N–H and O–H groups in total. The van der Waals surface area contributed by atoms with E-state index in [-0.39, 0.29) is 5.91 Å². The number of Topliss-reactive ketones (excluding diaryl/α,β-unsaturated/α-hetero) is 1. The van der Waals surface area contributed by atoms with E-state index in [0.717, 1.165) is 22.0 Å². The number of carbonyl (C=O) groups excluding carboxylic acids is 3. The highest BCUT2D eigenvalue weighted by atomic mass is 32.1. The van der Waals surface area contributed by atoms with Crippen molar-refractivity contribution in [1.82, 2.24) is 24.8 Å². The van der Waals surface area contributed by atoms with Gasteiger partial charge in [0.15, 0.2) is 0 Å². The van der Waals surface area contributed by atoms with Crippen LogP contribution in [0.3, 0.4) is 0 Å². The summed E-state index contributed by atoms with van der Waals surface area (Å²) in [6.07, 6.45) is 5.95. The molecule has 4 aromatic rings. The molecule has 184 valence electrons. The van der Waals surface area contributed by atoms with Crippen LogP contribution in [0.1, 0.15) is 39.6 Å². The second-order valence-corrected chi connectivity index (χ2v) is 10.4. The van der Waals surface area contributed by atoms with Crippen molar-refractivity contribution < 1.29 is 14.4 Å². The summed E-state index contributed by atoms with van der Waals surface area (Å²) in [5.74, 6) is -0.679. The van der Waals surface area contributed by atoms with Crippen LogP contribution < -0.4 is 0 Å². The molecule has 5 rings (SSSR count). The van der Waals surface area contributed by atoms with E-state index in [1.54, 1.807) is 46.8 Å². The normalized spacial score (nSPS) is 14.0. The summed E-state index contributed by atoms with van der Waals surface area (Å²) in [5.41, 5.74) is 2.38. The van der Waals surface area contributed by atoms with Crippen molar-refractivity contribution in [2.45, 2.75) is 20.3 Å². The molecular weight excluding hydrogens is 474 g/mol. The highest BCUT2D eigenvalue weighted by Gasteiger charge is 2.30. The van der Waals surface area contributed by atoms with Crippen molar-refractivity contribution in [2.24, 2.45) is 5.92 Å². The Morgan fingerprint density at radius 2 is 1.72 bits per heavy atom. The van der Waals surface area contributed by atoms with Gasteiger partial charge in [-0.2, -0.15) is 0 Å². The van der Waals surface area contributed by atoms with E-state index in [1.165, 1.54) is 4.90 Å². The lowest BCUT2D eigenvalue weighted by Crippen LogP contribution is -2.52. The lowest BCUT2D eigenvalue weighted by molar-refractivity contribution is -0.127. The molecule has 1 aromatic carbocycles. The van der Waals surface area contributed by atoms with Crippen molar-refractivity contribution in [2.75, 3.05) is 26.2 Å². The van der Waals surface area contributed by atoms with Gasteiger partial charge in [0.25, 0.3) is 17.6 Å². The van der Waals surface area contributed by atoms with Gasteiger partial charge in [-0.1, -0.05) is 32.0 Å². The number of aromatic amines is 1. The number of nitrogens with zero attached hydrogens (tertiary/aromatic N) is 4. The van der Waals surface area contributed by atoms with Crippen LogP contribution in [-0.2, 0) is 11.2 Å². The van der Waals surface area contributed by atoms with E-state index in [4.69, 9.17) is 0 Å². The molecule has 0 radical (unpaired) electrons. The number of carbonyl (C=O) groups is 3. The smallest absolute Gasteiger partial charge is 0.295 e.